The number of hydrogen-bond donors (Lipinski definition) is 2. The highest BCUT2D eigenvalue weighted by Crippen LogP contribution is 2.39. The van der Waals surface area contributed by atoms with Gasteiger partial charge in [0.1, 0.15) is 0 Å². The average Bonchev–Trinajstić information content (AvgIpc) is 3.21. The average molecular weight is 418 g/mol. The van der Waals surface area contributed by atoms with Crippen LogP contribution in [-0.4, -0.2) is 28.4 Å². The number of carbonyl (C=O) groups is 2. The zero-order chi connectivity index (χ0) is 21.8. The Kier molecular flexibility index (Phi) is 5.62. The fourth-order valence-electron chi connectivity index (χ4n) is 4.27. The Bertz CT molecular complexity index is 1080. The normalized spacial score (nSPS) is 18.0. The number of hydrazone groups is 1. The number of carbonyl (C=O) groups excluding carboxylic acids is 2. The van der Waals surface area contributed by atoms with Gasteiger partial charge in [0.15, 0.2) is 0 Å². The lowest BCUT2D eigenvalue weighted by Crippen LogP contribution is -2.47. The van der Waals surface area contributed by atoms with E-state index in [-0.39, 0.29) is 11.2 Å². The van der Waals surface area contributed by atoms with Crippen molar-refractivity contribution < 1.29 is 14.5 Å². The molecule has 158 valence electrons. The predicted molar refractivity (Wildman–Crippen MR) is 116 cm³/mol. The van der Waals surface area contributed by atoms with Gasteiger partial charge in [-0.15, -0.1) is 0 Å². The summed E-state index contributed by atoms with van der Waals surface area (Å²) in [4.78, 5) is 34.9. The van der Waals surface area contributed by atoms with Gasteiger partial charge in [0.2, 0.25) is 5.78 Å². The van der Waals surface area contributed by atoms with Gasteiger partial charge in [-0.3, -0.25) is 19.7 Å². The fourth-order valence-corrected chi connectivity index (χ4v) is 4.27. The van der Waals surface area contributed by atoms with Crippen LogP contribution in [0.1, 0.15) is 42.4 Å². The Morgan fingerprint density at radius 2 is 1.81 bits per heavy atom. The van der Waals surface area contributed by atoms with Gasteiger partial charge in [0, 0.05) is 35.0 Å². The number of rotatable bonds is 5. The molecule has 1 aliphatic heterocycles. The summed E-state index contributed by atoms with van der Waals surface area (Å²) < 4.78 is 0. The smallest absolute Gasteiger partial charge is 0.311 e. The van der Waals surface area contributed by atoms with Gasteiger partial charge in [-0.25, -0.2) is 5.43 Å². The number of fused-ring (bicyclic) bond motifs is 1. The van der Waals surface area contributed by atoms with Crippen LogP contribution in [0.2, 0.25) is 0 Å². The predicted octanol–water partition coefficient (Wildman–Crippen LogP) is 3.11. The molecule has 8 nitrogen and oxygen atoms in total. The SMILES string of the molecule is O=C(/C=C1\NC2(CCCC2)Cc2ccccc21)C(=O)N/N=C\c1ccc([N+](=O)[O-])cc1. The molecule has 0 unspecified atom stereocenters. The summed E-state index contributed by atoms with van der Waals surface area (Å²) in [5.41, 5.74) is 5.48. The molecule has 2 aliphatic rings. The van der Waals surface area contributed by atoms with E-state index in [1.54, 1.807) is 0 Å². The number of non-ortho nitro benzene ring substituents is 1. The molecular weight excluding hydrogens is 396 g/mol. The quantitative estimate of drug-likeness (QED) is 0.255. The molecule has 2 aromatic rings. The van der Waals surface area contributed by atoms with Crippen LogP contribution >= 0.6 is 0 Å². The molecule has 2 N–H and O–H groups in total. The molecule has 0 saturated heterocycles. The second-order valence-electron chi connectivity index (χ2n) is 7.92. The highest BCUT2D eigenvalue weighted by Gasteiger charge is 2.38. The van der Waals surface area contributed by atoms with Gasteiger partial charge in [-0.2, -0.15) is 5.10 Å². The number of hydrogen-bond acceptors (Lipinski definition) is 6. The van der Waals surface area contributed by atoms with Crippen LogP contribution in [-0.2, 0) is 16.0 Å². The van der Waals surface area contributed by atoms with Gasteiger partial charge < -0.3 is 5.32 Å². The summed E-state index contributed by atoms with van der Waals surface area (Å²) in [7, 11) is 0. The molecular formula is C23H22N4O4. The minimum Gasteiger partial charge on any atom is -0.379 e. The van der Waals surface area contributed by atoms with Crippen molar-refractivity contribution in [2.45, 2.75) is 37.6 Å². The first kappa shape index (κ1) is 20.5. The van der Waals surface area contributed by atoms with E-state index in [1.807, 2.05) is 18.2 Å². The van der Waals surface area contributed by atoms with E-state index in [2.05, 4.69) is 21.9 Å². The fraction of sp³-hybridized carbons (Fsp3) is 0.261. The molecule has 0 aromatic heterocycles. The maximum Gasteiger partial charge on any atom is 0.311 e. The van der Waals surface area contributed by atoms with E-state index in [0.717, 1.165) is 37.7 Å². The number of nitro benzene ring substituents is 1. The van der Waals surface area contributed by atoms with E-state index in [1.165, 1.54) is 42.1 Å². The van der Waals surface area contributed by atoms with Crippen molar-refractivity contribution in [1.82, 2.24) is 10.7 Å². The van der Waals surface area contributed by atoms with E-state index in [9.17, 15) is 19.7 Å². The van der Waals surface area contributed by atoms with Crippen LogP contribution in [0.5, 0.6) is 0 Å². The summed E-state index contributed by atoms with van der Waals surface area (Å²) in [6.07, 6.45) is 7.96. The highest BCUT2D eigenvalue weighted by atomic mass is 16.6. The van der Waals surface area contributed by atoms with Gasteiger partial charge >= 0.3 is 5.91 Å². The number of amides is 1. The molecule has 1 amide bonds. The van der Waals surface area contributed by atoms with Crippen LogP contribution in [0.25, 0.3) is 5.70 Å². The molecule has 1 saturated carbocycles. The van der Waals surface area contributed by atoms with E-state index in [4.69, 9.17) is 0 Å². The molecule has 8 heteroatoms. The second-order valence-corrected chi connectivity index (χ2v) is 7.92. The first-order valence-corrected chi connectivity index (χ1v) is 10.2. The second kappa shape index (κ2) is 8.51. The third-order valence-corrected chi connectivity index (χ3v) is 5.78. The zero-order valence-corrected chi connectivity index (χ0v) is 16.8. The van der Waals surface area contributed by atoms with Crippen molar-refractivity contribution in [2.75, 3.05) is 0 Å². The van der Waals surface area contributed by atoms with E-state index < -0.39 is 16.6 Å². The van der Waals surface area contributed by atoms with Crippen molar-refractivity contribution >= 4 is 29.3 Å². The summed E-state index contributed by atoms with van der Waals surface area (Å²) >= 11 is 0. The van der Waals surface area contributed by atoms with E-state index in [0.29, 0.717) is 11.3 Å². The number of ketones is 1. The number of benzene rings is 2. The van der Waals surface area contributed by atoms with Crippen molar-refractivity contribution in [3.63, 3.8) is 0 Å². The molecule has 0 radical (unpaired) electrons. The number of nitro groups is 1. The lowest BCUT2D eigenvalue weighted by molar-refractivity contribution is -0.384. The molecule has 0 bridgehead atoms. The molecule has 1 fully saturated rings. The van der Waals surface area contributed by atoms with Gasteiger partial charge in [0.25, 0.3) is 5.69 Å². The monoisotopic (exact) mass is 418 g/mol. The first-order chi connectivity index (χ1) is 15.0. The van der Waals surface area contributed by atoms with Crippen molar-refractivity contribution in [3.8, 4) is 0 Å². The summed E-state index contributed by atoms with van der Waals surface area (Å²) in [5.74, 6) is -1.55. The largest absolute Gasteiger partial charge is 0.379 e. The third kappa shape index (κ3) is 4.53. The molecule has 1 heterocycles. The van der Waals surface area contributed by atoms with Crippen LogP contribution < -0.4 is 10.7 Å². The minimum atomic E-state index is -0.851. The van der Waals surface area contributed by atoms with Gasteiger partial charge in [0.05, 0.1) is 11.1 Å². The topological polar surface area (TPSA) is 114 Å². The van der Waals surface area contributed by atoms with Crippen LogP contribution in [0, 0.1) is 10.1 Å². The Hall–Kier alpha value is -3.81. The molecule has 31 heavy (non-hydrogen) atoms. The molecule has 0 atom stereocenters. The maximum atomic E-state index is 12.5. The molecule has 2 aromatic carbocycles. The number of nitrogens with one attached hydrogen (secondary N) is 2. The summed E-state index contributed by atoms with van der Waals surface area (Å²) in [6, 6.07) is 13.6. The Balaban J connectivity index is 1.46. The Labute approximate surface area is 179 Å². The zero-order valence-electron chi connectivity index (χ0n) is 16.8. The van der Waals surface area contributed by atoms with Crippen LogP contribution in [0.3, 0.4) is 0 Å². The first-order valence-electron chi connectivity index (χ1n) is 10.2. The third-order valence-electron chi connectivity index (χ3n) is 5.78. The van der Waals surface area contributed by atoms with E-state index >= 15 is 0 Å². The van der Waals surface area contributed by atoms with Crippen molar-refractivity contribution in [1.29, 1.82) is 0 Å². The van der Waals surface area contributed by atoms with Crippen molar-refractivity contribution in [2.24, 2.45) is 5.10 Å². The Morgan fingerprint density at radius 3 is 2.52 bits per heavy atom. The molecule has 1 aliphatic carbocycles. The van der Waals surface area contributed by atoms with Crippen LogP contribution in [0.15, 0.2) is 59.7 Å². The lowest BCUT2D eigenvalue weighted by Gasteiger charge is -2.38. The summed E-state index contributed by atoms with van der Waals surface area (Å²) in [6.45, 7) is 0. The minimum absolute atomic E-state index is 0.0386. The standard InChI is InChI=1S/C23H22N4O4/c28-21(22(29)26-24-15-16-7-9-18(10-8-16)27(30)31)13-20-19-6-2-1-5-17(19)14-23(25-20)11-3-4-12-23/h1-2,5-10,13,15,25H,3-4,11-12,14H2,(H,26,29)/b20-13-,24-15-. The maximum absolute atomic E-state index is 12.5. The van der Waals surface area contributed by atoms with Gasteiger partial charge in [-0.1, -0.05) is 37.1 Å². The van der Waals surface area contributed by atoms with Crippen LogP contribution in [0.4, 0.5) is 5.69 Å². The molecule has 4 rings (SSSR count). The molecule has 1 spiro atoms. The highest BCUT2D eigenvalue weighted by molar-refractivity contribution is 6.41. The number of nitrogens with zero attached hydrogens (tertiary/aromatic N) is 2. The Morgan fingerprint density at radius 1 is 1.10 bits per heavy atom. The van der Waals surface area contributed by atoms with Gasteiger partial charge in [-0.05, 0) is 42.5 Å². The lowest BCUT2D eigenvalue weighted by atomic mass is 9.82. The van der Waals surface area contributed by atoms with Crippen molar-refractivity contribution in [3.05, 3.63) is 81.4 Å². The summed E-state index contributed by atoms with van der Waals surface area (Å²) in [5, 5.41) is 18.0.